The summed E-state index contributed by atoms with van der Waals surface area (Å²) in [6, 6.07) is 13.5. The Kier molecular flexibility index (Phi) is 4.71. The van der Waals surface area contributed by atoms with Gasteiger partial charge in [-0.2, -0.15) is 0 Å². The maximum atomic E-state index is 13.1. The van der Waals surface area contributed by atoms with E-state index in [0.29, 0.717) is 27.6 Å². The quantitative estimate of drug-likeness (QED) is 0.363. The monoisotopic (exact) mass is 394 g/mol. The summed E-state index contributed by atoms with van der Waals surface area (Å²) in [4.78, 5) is 29.9. The summed E-state index contributed by atoms with van der Waals surface area (Å²) in [5, 5.41) is 0.334. The third-order valence-corrected chi connectivity index (χ3v) is 4.61. The third kappa shape index (κ3) is 3.08. The van der Waals surface area contributed by atoms with Gasteiger partial charge in [-0.05, 0) is 43.3 Å². The van der Waals surface area contributed by atoms with Crippen LogP contribution in [0.2, 0.25) is 5.02 Å². The lowest BCUT2D eigenvalue weighted by Crippen LogP contribution is -2.06. The molecule has 4 aromatic rings. The van der Waals surface area contributed by atoms with Crippen LogP contribution < -0.4 is 0 Å². The number of furan rings is 1. The standard InChI is InChI=1S/C21H15ClN2O4/c1-2-27-21(26)14-10-18(20(25)13-6-3-4-7-15(13)22)24-12-23-16(11-17(14)24)19-8-5-9-28-19/h3-12H,2H2,1H3. The Bertz CT molecular complexity index is 1180. The molecule has 0 aliphatic heterocycles. The van der Waals surface area contributed by atoms with Gasteiger partial charge in [-0.15, -0.1) is 0 Å². The van der Waals surface area contributed by atoms with E-state index in [1.54, 1.807) is 53.8 Å². The molecular weight excluding hydrogens is 380 g/mol. The number of ether oxygens (including phenoxy) is 1. The molecule has 0 saturated heterocycles. The zero-order valence-corrected chi connectivity index (χ0v) is 15.6. The van der Waals surface area contributed by atoms with Crippen molar-refractivity contribution in [3.05, 3.63) is 83.0 Å². The van der Waals surface area contributed by atoms with Crippen molar-refractivity contribution in [2.24, 2.45) is 0 Å². The van der Waals surface area contributed by atoms with Crippen LogP contribution in [0.1, 0.15) is 33.3 Å². The van der Waals surface area contributed by atoms with E-state index in [9.17, 15) is 9.59 Å². The topological polar surface area (TPSA) is 73.8 Å². The average molecular weight is 395 g/mol. The molecule has 0 fully saturated rings. The summed E-state index contributed by atoms with van der Waals surface area (Å²) in [5.41, 5.74) is 1.92. The number of hydrogen-bond donors (Lipinski definition) is 0. The number of hydrogen-bond acceptors (Lipinski definition) is 5. The maximum Gasteiger partial charge on any atom is 0.340 e. The van der Waals surface area contributed by atoms with Crippen molar-refractivity contribution in [1.29, 1.82) is 0 Å². The largest absolute Gasteiger partial charge is 0.463 e. The Morgan fingerprint density at radius 1 is 1.14 bits per heavy atom. The summed E-state index contributed by atoms with van der Waals surface area (Å²) >= 11 is 6.18. The number of esters is 1. The molecule has 0 spiro atoms. The number of carbonyl (C=O) groups is 2. The molecule has 0 bridgehead atoms. The van der Waals surface area contributed by atoms with Crippen LogP contribution >= 0.6 is 11.6 Å². The molecule has 0 N–H and O–H groups in total. The van der Waals surface area contributed by atoms with E-state index in [1.165, 1.54) is 18.7 Å². The Labute approximate surface area is 165 Å². The Morgan fingerprint density at radius 2 is 1.96 bits per heavy atom. The number of fused-ring (bicyclic) bond motifs is 1. The van der Waals surface area contributed by atoms with Gasteiger partial charge in [0.1, 0.15) is 12.0 Å². The summed E-state index contributed by atoms with van der Waals surface area (Å²) in [7, 11) is 0. The molecule has 7 heteroatoms. The van der Waals surface area contributed by atoms with Gasteiger partial charge in [0.05, 0.1) is 34.7 Å². The van der Waals surface area contributed by atoms with Crippen LogP contribution in [0, 0.1) is 0 Å². The van der Waals surface area contributed by atoms with Crippen molar-refractivity contribution in [2.45, 2.75) is 6.92 Å². The first-order valence-corrected chi connectivity index (χ1v) is 8.99. The second kappa shape index (κ2) is 7.32. The van der Waals surface area contributed by atoms with E-state index in [4.69, 9.17) is 20.8 Å². The summed E-state index contributed by atoms with van der Waals surface area (Å²) in [6.45, 7) is 1.95. The van der Waals surface area contributed by atoms with E-state index in [2.05, 4.69) is 4.98 Å². The summed E-state index contributed by atoms with van der Waals surface area (Å²) in [6.07, 6.45) is 3.03. The van der Waals surface area contributed by atoms with Crippen molar-refractivity contribution in [3.8, 4) is 11.5 Å². The molecular formula is C21H15ClN2O4. The molecule has 28 heavy (non-hydrogen) atoms. The lowest BCUT2D eigenvalue weighted by atomic mass is 10.1. The van der Waals surface area contributed by atoms with Gasteiger partial charge in [-0.1, -0.05) is 23.7 Å². The molecule has 140 valence electrons. The average Bonchev–Trinajstić information content (AvgIpc) is 3.36. The van der Waals surface area contributed by atoms with Gasteiger partial charge in [0.2, 0.25) is 5.78 Å². The fourth-order valence-corrected chi connectivity index (χ4v) is 3.21. The van der Waals surface area contributed by atoms with Crippen LogP contribution in [0.4, 0.5) is 0 Å². The minimum atomic E-state index is -0.519. The second-order valence-electron chi connectivity index (χ2n) is 5.98. The highest BCUT2D eigenvalue weighted by molar-refractivity contribution is 6.35. The molecule has 3 heterocycles. The zero-order valence-electron chi connectivity index (χ0n) is 14.9. The second-order valence-corrected chi connectivity index (χ2v) is 6.39. The summed E-state index contributed by atoms with van der Waals surface area (Å²) < 4.78 is 12.1. The highest BCUT2D eigenvalue weighted by Gasteiger charge is 2.23. The first-order valence-electron chi connectivity index (χ1n) is 8.61. The molecule has 0 aliphatic carbocycles. The van der Waals surface area contributed by atoms with Gasteiger partial charge >= 0.3 is 5.97 Å². The van der Waals surface area contributed by atoms with E-state index in [-0.39, 0.29) is 23.6 Å². The number of nitrogens with zero attached hydrogens (tertiary/aromatic N) is 2. The lowest BCUT2D eigenvalue weighted by Gasteiger charge is -2.05. The Balaban J connectivity index is 1.91. The minimum absolute atomic E-state index is 0.222. The molecule has 0 unspecified atom stereocenters. The normalized spacial score (nSPS) is 10.9. The number of ketones is 1. The molecule has 6 nitrogen and oxygen atoms in total. The molecule has 3 aromatic heterocycles. The zero-order chi connectivity index (χ0) is 19.7. The SMILES string of the molecule is CCOC(=O)c1cc(C(=O)c2ccccc2Cl)n2cnc(-c3ccco3)cc12. The Hall–Kier alpha value is -3.38. The number of halogens is 1. The molecule has 1 aromatic carbocycles. The van der Waals surface area contributed by atoms with Gasteiger partial charge in [-0.3, -0.25) is 9.20 Å². The van der Waals surface area contributed by atoms with Crippen molar-refractivity contribution >= 4 is 28.9 Å². The van der Waals surface area contributed by atoms with Crippen LogP contribution in [-0.2, 0) is 4.74 Å². The number of rotatable bonds is 5. The van der Waals surface area contributed by atoms with Crippen LogP contribution in [-0.4, -0.2) is 27.7 Å². The molecule has 0 radical (unpaired) electrons. The number of benzene rings is 1. The predicted octanol–water partition coefficient (Wildman–Crippen LogP) is 4.66. The first kappa shape index (κ1) is 18.0. The van der Waals surface area contributed by atoms with Crippen molar-refractivity contribution in [2.75, 3.05) is 6.61 Å². The van der Waals surface area contributed by atoms with Gasteiger partial charge in [0.15, 0.2) is 5.76 Å². The van der Waals surface area contributed by atoms with Crippen LogP contribution in [0.25, 0.3) is 17.0 Å². The van der Waals surface area contributed by atoms with Crippen molar-refractivity contribution < 1.29 is 18.7 Å². The van der Waals surface area contributed by atoms with E-state index in [1.807, 2.05) is 0 Å². The maximum absolute atomic E-state index is 13.1. The van der Waals surface area contributed by atoms with Crippen LogP contribution in [0.5, 0.6) is 0 Å². The molecule has 0 aliphatic rings. The molecule has 0 amide bonds. The van der Waals surface area contributed by atoms with E-state index in [0.717, 1.165) is 0 Å². The first-order chi connectivity index (χ1) is 13.6. The lowest BCUT2D eigenvalue weighted by molar-refractivity contribution is 0.0529. The van der Waals surface area contributed by atoms with Gasteiger partial charge in [0.25, 0.3) is 0 Å². The van der Waals surface area contributed by atoms with Gasteiger partial charge in [-0.25, -0.2) is 9.78 Å². The highest BCUT2D eigenvalue weighted by Crippen LogP contribution is 2.27. The molecule has 0 atom stereocenters. The molecule has 0 saturated carbocycles. The van der Waals surface area contributed by atoms with E-state index < -0.39 is 5.97 Å². The predicted molar refractivity (Wildman–Crippen MR) is 104 cm³/mol. The third-order valence-electron chi connectivity index (χ3n) is 4.28. The fourth-order valence-electron chi connectivity index (χ4n) is 2.99. The van der Waals surface area contributed by atoms with E-state index >= 15 is 0 Å². The highest BCUT2D eigenvalue weighted by atomic mass is 35.5. The van der Waals surface area contributed by atoms with Crippen molar-refractivity contribution in [1.82, 2.24) is 9.38 Å². The number of aromatic nitrogens is 2. The van der Waals surface area contributed by atoms with Gasteiger partial charge < -0.3 is 9.15 Å². The van der Waals surface area contributed by atoms with Crippen LogP contribution in [0.3, 0.4) is 0 Å². The van der Waals surface area contributed by atoms with Gasteiger partial charge in [0, 0.05) is 5.56 Å². The Morgan fingerprint density at radius 3 is 2.68 bits per heavy atom. The summed E-state index contributed by atoms with van der Waals surface area (Å²) in [5.74, 6) is -0.281. The smallest absolute Gasteiger partial charge is 0.340 e. The van der Waals surface area contributed by atoms with Crippen LogP contribution in [0.15, 0.2) is 65.5 Å². The number of carbonyl (C=O) groups excluding carboxylic acids is 2. The van der Waals surface area contributed by atoms with Crippen molar-refractivity contribution in [3.63, 3.8) is 0 Å². The minimum Gasteiger partial charge on any atom is -0.463 e. The fraction of sp³-hybridized carbons (Fsp3) is 0.0952. The molecule has 4 rings (SSSR count).